The monoisotopic (exact) mass is 1000 g/mol. The topological polar surface area (TPSA) is 61.3 Å². The maximum atomic E-state index is 10.4. The zero-order valence-electron chi connectivity index (χ0n) is 31.0. The minimum atomic E-state index is -2.99. The summed E-state index contributed by atoms with van der Waals surface area (Å²) < 4.78 is 12.2. The summed E-state index contributed by atoms with van der Waals surface area (Å²) >= 11 is 23.2. The zero-order valence-corrected chi connectivity index (χ0v) is 38.1. The van der Waals surface area contributed by atoms with Gasteiger partial charge in [0.1, 0.15) is 11.5 Å². The molecule has 57 heavy (non-hydrogen) atoms. The van der Waals surface area contributed by atoms with Gasteiger partial charge in [0, 0.05) is 26.3 Å². The van der Waals surface area contributed by atoms with Gasteiger partial charge >= 0.3 is 183 Å². The second-order valence-electron chi connectivity index (χ2n) is 12.4. The number of halogens is 5. The standard InChI is InChI=1S/C24H20Br2NP.C14H11BrClNO.C8H7ClO2/c25-23-17-10-18-27-24(23)19-28(26,20-11-4-1-5-12-20,21-13-6-2-7-14-21)22-15-8-3-9-16-22;1-18-14-9-11(16)6-4-10(14)5-7-13-12(15)3-2-8-17-13;1-11-8-4-7(9)3-2-6(8)5-10/h1-18H,19H2;2-9H,1H3;2-5H,1H3/b;7-5-;. The van der Waals surface area contributed by atoms with E-state index in [0.29, 0.717) is 21.4 Å². The Balaban J connectivity index is 0.000000183. The Bertz CT molecular complexity index is 2330. The number of aldehydes is 1. The number of nitrogens with zero attached hydrogens (tertiary/aromatic N) is 2. The molecule has 0 atom stereocenters. The van der Waals surface area contributed by atoms with E-state index in [9.17, 15) is 4.79 Å². The van der Waals surface area contributed by atoms with Crippen LogP contribution in [0.15, 0.2) is 173 Å². The number of carbonyl (C=O) groups is 1. The number of aromatic nitrogens is 2. The molecular weight excluding hydrogens is 970 g/mol. The fourth-order valence-electron chi connectivity index (χ4n) is 6.05. The van der Waals surface area contributed by atoms with Gasteiger partial charge in [-0.05, 0) is 76.6 Å². The first-order valence-electron chi connectivity index (χ1n) is 17.5. The Morgan fingerprint density at radius 1 is 0.579 bits per heavy atom. The van der Waals surface area contributed by atoms with E-state index >= 15 is 0 Å². The summed E-state index contributed by atoms with van der Waals surface area (Å²) in [4.78, 5) is 19.4. The first-order valence-corrected chi connectivity index (χ1v) is 24.3. The van der Waals surface area contributed by atoms with E-state index in [2.05, 4.69) is 149 Å². The van der Waals surface area contributed by atoms with Crippen LogP contribution in [0, 0.1) is 0 Å². The molecule has 0 saturated heterocycles. The van der Waals surface area contributed by atoms with Crippen LogP contribution in [0.2, 0.25) is 10.0 Å². The maximum absolute atomic E-state index is 10.4. The van der Waals surface area contributed by atoms with Gasteiger partial charge in [-0.15, -0.1) is 0 Å². The number of methoxy groups -OCH3 is 2. The molecule has 0 aliphatic rings. The van der Waals surface area contributed by atoms with Crippen LogP contribution in [0.25, 0.3) is 12.2 Å². The van der Waals surface area contributed by atoms with Crippen LogP contribution in [-0.2, 0) is 6.16 Å². The van der Waals surface area contributed by atoms with E-state index in [4.69, 9.17) is 37.7 Å². The number of carbonyl (C=O) groups excluding carboxylic acids is 1. The van der Waals surface area contributed by atoms with E-state index in [0.717, 1.165) is 44.1 Å². The minimum absolute atomic E-state index is 0.507. The summed E-state index contributed by atoms with van der Waals surface area (Å²) in [5.74, 6) is 1.25. The first kappa shape index (κ1) is 44.0. The maximum Gasteiger partial charge on any atom is 0.153 e. The molecule has 0 fully saturated rings. The molecule has 0 unspecified atom stereocenters. The predicted molar refractivity (Wildman–Crippen MR) is 252 cm³/mol. The van der Waals surface area contributed by atoms with Crippen molar-refractivity contribution in [1.82, 2.24) is 9.97 Å². The molecule has 5 nitrogen and oxygen atoms in total. The Morgan fingerprint density at radius 2 is 1.04 bits per heavy atom. The van der Waals surface area contributed by atoms with Crippen molar-refractivity contribution in [3.05, 3.63) is 206 Å². The molecule has 2 heterocycles. The second-order valence-corrected chi connectivity index (χ2v) is 23.9. The fraction of sp³-hybridized carbons (Fsp3) is 0.0652. The molecular formula is C46H38Br3Cl2N2O3P. The molecule has 7 aromatic rings. The third kappa shape index (κ3) is 10.9. The molecule has 5 aromatic carbocycles. The molecule has 0 amide bonds. The Morgan fingerprint density at radius 3 is 1.49 bits per heavy atom. The number of hydrogen-bond acceptors (Lipinski definition) is 5. The Hall–Kier alpha value is -4.14. The summed E-state index contributed by atoms with van der Waals surface area (Å²) in [5.41, 5.74) is 3.39. The van der Waals surface area contributed by atoms with Crippen LogP contribution >= 0.6 is 75.9 Å². The van der Waals surface area contributed by atoms with Crippen LogP contribution in [0.1, 0.15) is 27.3 Å². The van der Waals surface area contributed by atoms with Gasteiger partial charge in [0.05, 0.1) is 25.5 Å². The third-order valence-corrected chi connectivity index (χ3v) is 20.2. The predicted octanol–water partition coefficient (Wildman–Crippen LogP) is 13.0. The normalized spacial score (nSPS) is 11.5. The van der Waals surface area contributed by atoms with E-state index in [-0.39, 0.29) is 0 Å². The first-order chi connectivity index (χ1) is 27.6. The molecule has 0 bridgehead atoms. The molecule has 2 aromatic heterocycles. The van der Waals surface area contributed by atoms with Crippen LogP contribution in [0.4, 0.5) is 0 Å². The molecule has 0 saturated carbocycles. The van der Waals surface area contributed by atoms with Crippen LogP contribution in [0.5, 0.6) is 11.5 Å². The van der Waals surface area contributed by atoms with Crippen molar-refractivity contribution in [3.8, 4) is 11.5 Å². The largest absolute Gasteiger partial charge is 0.496 e. The quantitative estimate of drug-likeness (QED) is 0.101. The van der Waals surface area contributed by atoms with Crippen molar-refractivity contribution < 1.29 is 14.3 Å². The van der Waals surface area contributed by atoms with Gasteiger partial charge in [-0.3, -0.25) is 9.78 Å². The second kappa shape index (κ2) is 21.0. The number of ether oxygens (including phenoxy) is 2. The minimum Gasteiger partial charge on any atom is -0.496 e. The summed E-state index contributed by atoms with van der Waals surface area (Å²) in [6.07, 6.45) is 9.01. The molecule has 0 N–H and O–H groups in total. The summed E-state index contributed by atoms with van der Waals surface area (Å²) in [6.45, 7) is 0. The molecule has 0 radical (unpaired) electrons. The number of hydrogen-bond donors (Lipinski definition) is 0. The average Bonchev–Trinajstić information content (AvgIpc) is 3.26. The Kier molecular flexibility index (Phi) is 16.2. The van der Waals surface area contributed by atoms with Gasteiger partial charge in [-0.25, -0.2) is 0 Å². The van der Waals surface area contributed by atoms with Gasteiger partial charge in [0.15, 0.2) is 6.29 Å². The van der Waals surface area contributed by atoms with E-state index in [1.54, 1.807) is 37.6 Å². The van der Waals surface area contributed by atoms with Gasteiger partial charge in [-0.1, -0.05) is 23.2 Å². The summed E-state index contributed by atoms with van der Waals surface area (Å²) in [5, 5.41) is 2.11. The van der Waals surface area contributed by atoms with Crippen LogP contribution < -0.4 is 25.4 Å². The molecule has 0 aliphatic heterocycles. The fourth-order valence-corrected chi connectivity index (χ4v) is 14.8. The van der Waals surface area contributed by atoms with E-state index in [1.807, 2.05) is 48.7 Å². The van der Waals surface area contributed by atoms with Gasteiger partial charge in [-0.2, -0.15) is 0 Å². The average molecular weight is 1010 g/mol. The van der Waals surface area contributed by atoms with Crippen molar-refractivity contribution in [1.29, 1.82) is 0 Å². The molecule has 11 heteroatoms. The Labute approximate surface area is 369 Å². The third-order valence-electron chi connectivity index (χ3n) is 8.89. The van der Waals surface area contributed by atoms with Crippen LogP contribution in [0.3, 0.4) is 0 Å². The van der Waals surface area contributed by atoms with E-state index < -0.39 is 5.31 Å². The molecule has 290 valence electrons. The van der Waals surface area contributed by atoms with Crippen molar-refractivity contribution in [2.75, 3.05) is 14.2 Å². The van der Waals surface area contributed by atoms with Crippen molar-refractivity contribution in [2.45, 2.75) is 6.16 Å². The van der Waals surface area contributed by atoms with E-state index in [1.165, 1.54) is 23.0 Å². The zero-order chi connectivity index (χ0) is 40.7. The van der Waals surface area contributed by atoms with Crippen molar-refractivity contribution in [3.63, 3.8) is 0 Å². The summed E-state index contributed by atoms with van der Waals surface area (Å²) in [7, 11) is 3.12. The SMILES string of the molecule is Brc1cccnc1CP(Br)(c1ccccc1)(c1ccccc1)c1ccccc1.COc1cc(Cl)ccc1/C=C\c1ncccc1Br.COc1cc(Cl)ccc1C=O. The smallest absolute Gasteiger partial charge is 0.153 e. The van der Waals surface area contributed by atoms with Gasteiger partial charge in [0.2, 0.25) is 0 Å². The van der Waals surface area contributed by atoms with Crippen molar-refractivity contribution >= 4 is 110 Å². The van der Waals surface area contributed by atoms with Gasteiger partial charge in [0.25, 0.3) is 0 Å². The molecule has 0 spiro atoms. The van der Waals surface area contributed by atoms with Crippen molar-refractivity contribution in [2.24, 2.45) is 0 Å². The number of pyridine rings is 2. The molecule has 0 aliphatic carbocycles. The summed E-state index contributed by atoms with van der Waals surface area (Å²) in [6, 6.07) is 50.6. The molecule has 7 rings (SSSR count). The van der Waals surface area contributed by atoms with Gasteiger partial charge < -0.3 is 9.47 Å². The number of benzene rings is 5. The number of rotatable bonds is 10. The van der Waals surface area contributed by atoms with Crippen LogP contribution in [-0.4, -0.2) is 30.5 Å².